The van der Waals surface area contributed by atoms with Crippen LogP contribution in [-0.2, 0) is 9.53 Å². The van der Waals surface area contributed by atoms with Gasteiger partial charge in [-0.1, -0.05) is 29.5 Å². The molecule has 1 aliphatic heterocycles. The van der Waals surface area contributed by atoms with Gasteiger partial charge < -0.3 is 9.15 Å². The van der Waals surface area contributed by atoms with E-state index >= 15 is 0 Å². The van der Waals surface area contributed by atoms with Gasteiger partial charge >= 0.3 is 5.97 Å². The normalized spacial score (nSPS) is 16.5. The number of thiazole rings is 1. The number of hydrogen-bond acceptors (Lipinski definition) is 6. The molecule has 1 atom stereocenters. The van der Waals surface area contributed by atoms with Crippen LogP contribution in [0.5, 0.6) is 0 Å². The zero-order valence-electron chi connectivity index (χ0n) is 15.7. The van der Waals surface area contributed by atoms with E-state index in [2.05, 4.69) is 4.99 Å². The van der Waals surface area contributed by atoms with Gasteiger partial charge in [0.25, 0.3) is 5.56 Å². The molecular weight excluding hydrogens is 395 g/mol. The summed E-state index contributed by atoms with van der Waals surface area (Å²) in [5.41, 5.74) is 0.361. The van der Waals surface area contributed by atoms with Gasteiger partial charge in [0, 0.05) is 11.6 Å². The van der Waals surface area contributed by atoms with E-state index in [1.165, 1.54) is 16.9 Å². The molecule has 0 radical (unpaired) electrons. The fraction of sp³-hybridized carbons (Fsp3) is 0.190. The van der Waals surface area contributed by atoms with Crippen molar-refractivity contribution >= 4 is 23.4 Å². The number of halogens is 1. The van der Waals surface area contributed by atoms with Crippen LogP contribution in [0.3, 0.4) is 0 Å². The molecule has 0 amide bonds. The molecule has 0 fully saturated rings. The Hall–Kier alpha value is -3.26. The third-order valence-electron chi connectivity index (χ3n) is 4.53. The molecule has 29 heavy (non-hydrogen) atoms. The Morgan fingerprint density at radius 1 is 1.34 bits per heavy atom. The Morgan fingerprint density at radius 2 is 2.14 bits per heavy atom. The molecule has 1 aromatic carbocycles. The van der Waals surface area contributed by atoms with Crippen LogP contribution in [0.1, 0.15) is 31.2 Å². The second kappa shape index (κ2) is 7.63. The van der Waals surface area contributed by atoms with Crippen molar-refractivity contribution in [3.63, 3.8) is 0 Å². The monoisotopic (exact) mass is 412 g/mol. The molecule has 3 heterocycles. The molecule has 2 aromatic heterocycles. The Labute approximate surface area is 168 Å². The summed E-state index contributed by atoms with van der Waals surface area (Å²) in [6, 6.07) is 8.55. The summed E-state index contributed by atoms with van der Waals surface area (Å²) in [5, 5.41) is 0. The number of hydrogen-bond donors (Lipinski definition) is 0. The third kappa shape index (κ3) is 3.36. The number of furan rings is 1. The van der Waals surface area contributed by atoms with Crippen LogP contribution in [0.2, 0.25) is 0 Å². The lowest BCUT2D eigenvalue weighted by Crippen LogP contribution is -2.40. The van der Waals surface area contributed by atoms with Crippen LogP contribution in [-0.4, -0.2) is 17.1 Å². The molecule has 0 N–H and O–H groups in total. The van der Waals surface area contributed by atoms with Crippen LogP contribution < -0.4 is 14.9 Å². The van der Waals surface area contributed by atoms with E-state index in [-0.39, 0.29) is 23.3 Å². The second-order valence-electron chi connectivity index (χ2n) is 6.34. The highest BCUT2D eigenvalue weighted by Crippen LogP contribution is 2.32. The number of rotatable bonds is 4. The summed E-state index contributed by atoms with van der Waals surface area (Å²) >= 11 is 1.15. The average Bonchev–Trinajstić information content (AvgIpc) is 3.30. The van der Waals surface area contributed by atoms with Crippen molar-refractivity contribution in [3.05, 3.63) is 90.8 Å². The summed E-state index contributed by atoms with van der Waals surface area (Å²) < 4.78 is 26.9. The Morgan fingerprint density at radius 3 is 2.83 bits per heavy atom. The lowest BCUT2D eigenvalue weighted by atomic mass is 9.95. The largest absolute Gasteiger partial charge is 0.465 e. The number of nitrogens with zero attached hydrogens (tertiary/aromatic N) is 2. The van der Waals surface area contributed by atoms with Gasteiger partial charge in [-0.25, -0.2) is 14.2 Å². The number of benzene rings is 1. The zero-order valence-corrected chi connectivity index (χ0v) is 16.5. The molecule has 1 aliphatic rings. The molecule has 148 valence electrons. The van der Waals surface area contributed by atoms with E-state index in [9.17, 15) is 14.0 Å². The van der Waals surface area contributed by atoms with E-state index in [1.54, 1.807) is 50.3 Å². The molecule has 0 saturated carbocycles. The highest BCUT2D eigenvalue weighted by Gasteiger charge is 2.34. The van der Waals surface area contributed by atoms with Crippen molar-refractivity contribution in [1.29, 1.82) is 0 Å². The number of aromatic nitrogens is 1. The predicted octanol–water partition coefficient (Wildman–Crippen LogP) is 2.53. The van der Waals surface area contributed by atoms with Gasteiger partial charge in [-0.3, -0.25) is 9.36 Å². The average molecular weight is 412 g/mol. The maximum absolute atomic E-state index is 14.7. The number of allylic oxidation sites excluding steroid dienone is 1. The topological polar surface area (TPSA) is 73.8 Å². The molecule has 0 saturated heterocycles. The van der Waals surface area contributed by atoms with E-state index in [1.807, 2.05) is 0 Å². The molecule has 4 rings (SSSR count). The lowest BCUT2D eigenvalue weighted by molar-refractivity contribution is -0.139. The first-order chi connectivity index (χ1) is 14.0. The van der Waals surface area contributed by atoms with Gasteiger partial charge in [-0.15, -0.1) is 0 Å². The fourth-order valence-corrected chi connectivity index (χ4v) is 4.31. The maximum Gasteiger partial charge on any atom is 0.338 e. The van der Waals surface area contributed by atoms with Crippen LogP contribution in [0.25, 0.3) is 6.08 Å². The minimum absolute atomic E-state index is 0.147. The molecule has 0 spiro atoms. The highest BCUT2D eigenvalue weighted by molar-refractivity contribution is 7.07. The van der Waals surface area contributed by atoms with Crippen molar-refractivity contribution in [1.82, 2.24) is 4.57 Å². The fourth-order valence-electron chi connectivity index (χ4n) is 3.29. The molecule has 6 nitrogen and oxygen atoms in total. The van der Waals surface area contributed by atoms with Crippen molar-refractivity contribution in [3.8, 4) is 0 Å². The first kappa shape index (κ1) is 19.1. The number of carbonyl (C=O) groups is 1. The minimum atomic E-state index is -0.967. The van der Waals surface area contributed by atoms with Crippen molar-refractivity contribution in [2.24, 2.45) is 4.99 Å². The van der Waals surface area contributed by atoms with E-state index in [0.717, 1.165) is 11.3 Å². The highest BCUT2D eigenvalue weighted by atomic mass is 32.1. The lowest BCUT2D eigenvalue weighted by Gasteiger charge is -2.24. The van der Waals surface area contributed by atoms with Gasteiger partial charge in [-0.05, 0) is 32.0 Å². The van der Waals surface area contributed by atoms with Crippen molar-refractivity contribution < 1.29 is 18.3 Å². The third-order valence-corrected chi connectivity index (χ3v) is 5.52. The SMILES string of the molecule is CCOC(=O)C1=C(C)N=c2s/c(=C\c3ccco3)c(=O)n2C1c1ccccc1F. The zero-order chi connectivity index (χ0) is 20.5. The molecule has 1 unspecified atom stereocenters. The van der Waals surface area contributed by atoms with E-state index < -0.39 is 17.8 Å². The van der Waals surface area contributed by atoms with Crippen molar-refractivity contribution in [2.75, 3.05) is 6.61 Å². The standard InChI is InChI=1S/C21H17FN2O4S/c1-3-27-20(26)17-12(2)23-21-24(18(17)14-8-4-5-9-15(14)22)19(25)16(29-21)11-13-7-6-10-28-13/h4-11,18H,3H2,1-2H3/b16-11-. The molecule has 0 aliphatic carbocycles. The van der Waals surface area contributed by atoms with E-state index in [0.29, 0.717) is 20.8 Å². The van der Waals surface area contributed by atoms with Crippen molar-refractivity contribution in [2.45, 2.75) is 19.9 Å². The first-order valence-corrected chi connectivity index (χ1v) is 9.80. The van der Waals surface area contributed by atoms with Crippen LogP contribution in [0.15, 0.2) is 68.1 Å². The number of fused-ring (bicyclic) bond motifs is 1. The molecule has 3 aromatic rings. The van der Waals surface area contributed by atoms with Gasteiger partial charge in [-0.2, -0.15) is 0 Å². The van der Waals surface area contributed by atoms with Gasteiger partial charge in [0.2, 0.25) is 0 Å². The summed E-state index contributed by atoms with van der Waals surface area (Å²) in [5.74, 6) is -0.629. The van der Waals surface area contributed by atoms with Gasteiger partial charge in [0.1, 0.15) is 17.6 Å². The minimum Gasteiger partial charge on any atom is -0.465 e. The number of carbonyl (C=O) groups excluding carboxylic acids is 1. The van der Waals surface area contributed by atoms with Gasteiger partial charge in [0.05, 0.1) is 28.7 Å². The van der Waals surface area contributed by atoms with Crippen LogP contribution in [0.4, 0.5) is 4.39 Å². The Kier molecular flexibility index (Phi) is 5.02. The summed E-state index contributed by atoms with van der Waals surface area (Å²) in [7, 11) is 0. The van der Waals surface area contributed by atoms with E-state index in [4.69, 9.17) is 9.15 Å². The number of ether oxygens (including phenoxy) is 1. The molecule has 8 heteroatoms. The molecule has 0 bridgehead atoms. The quantitative estimate of drug-likeness (QED) is 0.618. The van der Waals surface area contributed by atoms with Gasteiger partial charge in [0.15, 0.2) is 4.80 Å². The Bertz CT molecular complexity index is 1280. The predicted molar refractivity (Wildman–Crippen MR) is 106 cm³/mol. The summed E-state index contributed by atoms with van der Waals surface area (Å²) in [4.78, 5) is 30.7. The Balaban J connectivity index is 2.00. The first-order valence-electron chi connectivity index (χ1n) is 8.99. The summed E-state index contributed by atoms with van der Waals surface area (Å²) in [6.45, 7) is 3.50. The summed E-state index contributed by atoms with van der Waals surface area (Å²) in [6.07, 6.45) is 3.11. The number of esters is 1. The smallest absolute Gasteiger partial charge is 0.338 e. The van der Waals surface area contributed by atoms with Crippen LogP contribution in [0, 0.1) is 5.82 Å². The van der Waals surface area contributed by atoms with Crippen LogP contribution >= 0.6 is 11.3 Å². The second-order valence-corrected chi connectivity index (χ2v) is 7.35. The molecular formula is C21H17FN2O4S. The maximum atomic E-state index is 14.7.